The summed E-state index contributed by atoms with van der Waals surface area (Å²) in [6.07, 6.45) is 2.96. The minimum absolute atomic E-state index is 0.138. The third kappa shape index (κ3) is 4.05. The summed E-state index contributed by atoms with van der Waals surface area (Å²) < 4.78 is 0. The van der Waals surface area contributed by atoms with Gasteiger partial charge in [-0.25, -0.2) is 4.98 Å². The van der Waals surface area contributed by atoms with Crippen molar-refractivity contribution in [3.05, 3.63) is 59.7 Å². The van der Waals surface area contributed by atoms with E-state index in [2.05, 4.69) is 34.1 Å². The fraction of sp³-hybridized carbons (Fsp3) is 0.348. The van der Waals surface area contributed by atoms with E-state index in [0.29, 0.717) is 12.0 Å². The molecule has 2 aromatic heterocycles. The average Bonchev–Trinajstić information content (AvgIpc) is 3.32. The number of H-pyrrole nitrogens is 1. The van der Waals surface area contributed by atoms with Crippen LogP contribution in [-0.2, 0) is 4.79 Å². The molecule has 31 heavy (non-hydrogen) atoms. The van der Waals surface area contributed by atoms with E-state index >= 15 is 0 Å². The molecule has 0 saturated heterocycles. The Hall–Kier alpha value is -3.55. The smallest absolute Gasteiger partial charge is 0.280 e. The molecule has 2 atom stereocenters. The van der Waals surface area contributed by atoms with Crippen LogP contribution in [0.3, 0.4) is 0 Å². The summed E-state index contributed by atoms with van der Waals surface area (Å²) in [5, 5.41) is 3.08. The summed E-state index contributed by atoms with van der Waals surface area (Å²) in [6, 6.07) is 10.7. The van der Waals surface area contributed by atoms with Crippen LogP contribution < -0.4 is 5.32 Å². The van der Waals surface area contributed by atoms with Gasteiger partial charge in [0.2, 0.25) is 5.91 Å². The van der Waals surface area contributed by atoms with Gasteiger partial charge in [-0.2, -0.15) is 0 Å². The van der Waals surface area contributed by atoms with Gasteiger partial charge >= 0.3 is 0 Å². The van der Waals surface area contributed by atoms with Gasteiger partial charge in [0.05, 0.1) is 22.6 Å². The van der Waals surface area contributed by atoms with Crippen LogP contribution in [0.15, 0.2) is 42.6 Å². The second kappa shape index (κ2) is 8.67. The number of fused-ring (bicyclic) bond motifs is 2. The van der Waals surface area contributed by atoms with Gasteiger partial charge in [-0.1, -0.05) is 32.4 Å². The van der Waals surface area contributed by atoms with Gasteiger partial charge in [-0.15, -0.1) is 0 Å². The number of amides is 3. The van der Waals surface area contributed by atoms with Crippen molar-refractivity contribution in [3.63, 3.8) is 0 Å². The van der Waals surface area contributed by atoms with Crippen LogP contribution in [0, 0.1) is 5.92 Å². The lowest BCUT2D eigenvalue weighted by atomic mass is 9.98. The van der Waals surface area contributed by atoms with E-state index in [0.717, 1.165) is 28.2 Å². The molecule has 0 aliphatic carbocycles. The number of rotatable bonds is 8. The van der Waals surface area contributed by atoms with Gasteiger partial charge in [0.25, 0.3) is 11.8 Å². The van der Waals surface area contributed by atoms with Crippen molar-refractivity contribution in [2.45, 2.75) is 39.2 Å². The number of imide groups is 1. The Morgan fingerprint density at radius 1 is 1.16 bits per heavy atom. The lowest BCUT2D eigenvalue weighted by Crippen LogP contribution is -2.35. The van der Waals surface area contributed by atoms with E-state index in [1.54, 1.807) is 12.1 Å². The molecule has 1 aliphatic heterocycles. The minimum atomic E-state index is -0.402. The Morgan fingerprint density at radius 3 is 2.71 bits per heavy atom. The summed E-state index contributed by atoms with van der Waals surface area (Å²) in [7, 11) is 0. The summed E-state index contributed by atoms with van der Waals surface area (Å²) in [5.74, 6) is 0.0247. The van der Waals surface area contributed by atoms with Crippen LogP contribution in [0.25, 0.3) is 11.0 Å². The van der Waals surface area contributed by atoms with Crippen molar-refractivity contribution >= 4 is 28.8 Å². The molecule has 1 aromatic carbocycles. The third-order valence-corrected chi connectivity index (χ3v) is 5.75. The number of nitrogens with zero attached hydrogens (tertiary/aromatic N) is 3. The second-order valence-electron chi connectivity index (χ2n) is 7.83. The zero-order valence-electron chi connectivity index (χ0n) is 17.6. The SMILES string of the molecule is CC[C@@H](C)[C@H](NC(=O)CCCN1C(=O)c2cccnc2C1=O)c1nc2ccccc2[nH]1. The predicted octanol–water partition coefficient (Wildman–Crippen LogP) is 3.24. The van der Waals surface area contributed by atoms with Crippen molar-refractivity contribution in [1.29, 1.82) is 0 Å². The van der Waals surface area contributed by atoms with Crippen molar-refractivity contribution in [3.8, 4) is 0 Å². The molecule has 4 rings (SSSR count). The number of carbonyl (C=O) groups is 3. The predicted molar refractivity (Wildman–Crippen MR) is 115 cm³/mol. The largest absolute Gasteiger partial charge is 0.346 e. The molecule has 160 valence electrons. The highest BCUT2D eigenvalue weighted by atomic mass is 16.2. The number of para-hydroxylation sites is 2. The molecule has 0 fully saturated rings. The molecule has 0 spiro atoms. The number of carbonyl (C=O) groups excluding carboxylic acids is 3. The highest BCUT2D eigenvalue weighted by molar-refractivity contribution is 6.20. The van der Waals surface area contributed by atoms with Gasteiger partial charge in [-0.3, -0.25) is 24.3 Å². The molecule has 1 aliphatic rings. The Labute approximate surface area is 180 Å². The molecule has 0 unspecified atom stereocenters. The Balaban J connectivity index is 1.38. The summed E-state index contributed by atoms with van der Waals surface area (Å²) in [5.41, 5.74) is 2.29. The molecule has 0 radical (unpaired) electrons. The third-order valence-electron chi connectivity index (χ3n) is 5.75. The zero-order chi connectivity index (χ0) is 22.0. The van der Waals surface area contributed by atoms with E-state index in [-0.39, 0.29) is 42.4 Å². The number of aromatic amines is 1. The van der Waals surface area contributed by atoms with E-state index in [9.17, 15) is 14.4 Å². The molecular formula is C23H25N5O3. The van der Waals surface area contributed by atoms with Gasteiger partial charge in [-0.05, 0) is 36.6 Å². The maximum Gasteiger partial charge on any atom is 0.280 e. The molecule has 3 heterocycles. The molecule has 3 amide bonds. The fourth-order valence-corrected chi connectivity index (χ4v) is 3.80. The van der Waals surface area contributed by atoms with E-state index in [1.165, 1.54) is 6.20 Å². The molecule has 2 N–H and O–H groups in total. The van der Waals surface area contributed by atoms with Crippen molar-refractivity contribution < 1.29 is 14.4 Å². The summed E-state index contributed by atoms with van der Waals surface area (Å²) in [4.78, 5) is 50.6. The van der Waals surface area contributed by atoms with E-state index < -0.39 is 5.91 Å². The van der Waals surface area contributed by atoms with Gasteiger partial charge < -0.3 is 10.3 Å². The van der Waals surface area contributed by atoms with Crippen molar-refractivity contribution in [1.82, 2.24) is 25.2 Å². The monoisotopic (exact) mass is 419 g/mol. The van der Waals surface area contributed by atoms with E-state index in [1.807, 2.05) is 24.3 Å². The molecule has 3 aromatic rings. The number of imidazole rings is 1. The Morgan fingerprint density at radius 2 is 1.97 bits per heavy atom. The minimum Gasteiger partial charge on any atom is -0.346 e. The molecule has 0 saturated carbocycles. The first-order valence-electron chi connectivity index (χ1n) is 10.5. The Kier molecular flexibility index (Phi) is 5.79. The van der Waals surface area contributed by atoms with Gasteiger partial charge in [0.1, 0.15) is 11.5 Å². The van der Waals surface area contributed by atoms with Crippen LogP contribution in [0.2, 0.25) is 0 Å². The number of hydrogen-bond acceptors (Lipinski definition) is 5. The quantitative estimate of drug-likeness (QED) is 0.545. The highest BCUT2D eigenvalue weighted by Gasteiger charge is 2.36. The van der Waals surface area contributed by atoms with Gasteiger partial charge in [0.15, 0.2) is 0 Å². The highest BCUT2D eigenvalue weighted by Crippen LogP contribution is 2.25. The number of hydrogen-bond donors (Lipinski definition) is 2. The maximum absolute atomic E-state index is 12.7. The Bertz CT molecular complexity index is 1070. The van der Waals surface area contributed by atoms with Crippen LogP contribution >= 0.6 is 0 Å². The average molecular weight is 419 g/mol. The molecule has 8 nitrogen and oxygen atoms in total. The lowest BCUT2D eigenvalue weighted by Gasteiger charge is -2.22. The van der Waals surface area contributed by atoms with Crippen molar-refractivity contribution in [2.75, 3.05) is 6.54 Å². The molecule has 0 bridgehead atoms. The standard InChI is InChI=1S/C23H25N5O3/c1-3-14(2)19(21-25-16-9-4-5-10-17(16)26-21)27-18(29)11-7-13-28-22(30)15-8-6-12-24-20(15)23(28)31/h4-6,8-10,12,14,19H,3,7,11,13H2,1-2H3,(H,25,26)(H,27,29)/t14-,19+/m1/s1. The first kappa shape index (κ1) is 20.7. The van der Waals surface area contributed by atoms with Crippen LogP contribution in [0.4, 0.5) is 0 Å². The first-order chi connectivity index (χ1) is 15.0. The fourth-order valence-electron chi connectivity index (χ4n) is 3.80. The van der Waals surface area contributed by atoms with E-state index in [4.69, 9.17) is 0 Å². The van der Waals surface area contributed by atoms with Crippen LogP contribution in [0.1, 0.15) is 65.8 Å². The van der Waals surface area contributed by atoms with Crippen LogP contribution in [-0.4, -0.2) is 44.1 Å². The molecular weight excluding hydrogens is 394 g/mol. The topological polar surface area (TPSA) is 108 Å². The maximum atomic E-state index is 12.7. The summed E-state index contributed by atoms with van der Waals surface area (Å²) >= 11 is 0. The number of benzene rings is 1. The first-order valence-corrected chi connectivity index (χ1v) is 10.5. The van der Waals surface area contributed by atoms with Crippen molar-refractivity contribution in [2.24, 2.45) is 5.92 Å². The second-order valence-corrected chi connectivity index (χ2v) is 7.83. The normalized spacial score (nSPS) is 15.2. The zero-order valence-corrected chi connectivity index (χ0v) is 17.6. The van der Waals surface area contributed by atoms with Gasteiger partial charge in [0, 0.05) is 19.2 Å². The number of aromatic nitrogens is 3. The van der Waals surface area contributed by atoms with Crippen LogP contribution in [0.5, 0.6) is 0 Å². The summed E-state index contributed by atoms with van der Waals surface area (Å²) in [6.45, 7) is 4.33. The lowest BCUT2D eigenvalue weighted by molar-refractivity contribution is -0.122. The number of nitrogens with one attached hydrogen (secondary N) is 2. The molecule has 8 heteroatoms. The number of pyridine rings is 1.